The highest BCUT2D eigenvalue weighted by molar-refractivity contribution is 5.86. The van der Waals surface area contributed by atoms with Gasteiger partial charge in [-0.1, -0.05) is 24.3 Å². The van der Waals surface area contributed by atoms with Crippen LogP contribution in [0.4, 0.5) is 10.5 Å². The second kappa shape index (κ2) is 6.58. The predicted octanol–water partition coefficient (Wildman–Crippen LogP) is 3.51. The number of benzene rings is 1. The van der Waals surface area contributed by atoms with E-state index in [1.165, 1.54) is 0 Å². The van der Waals surface area contributed by atoms with E-state index in [0.717, 1.165) is 0 Å². The zero-order valence-corrected chi connectivity index (χ0v) is 12.9. The molecule has 1 aromatic carbocycles. The smallest absolute Gasteiger partial charge is 0.412 e. The summed E-state index contributed by atoms with van der Waals surface area (Å²) in [6.45, 7) is 5.38. The molecule has 0 fully saturated rings. The van der Waals surface area contributed by atoms with Crippen molar-refractivity contribution >= 4 is 11.8 Å². The number of hydrogen-bond acceptors (Lipinski definition) is 4. The van der Waals surface area contributed by atoms with Crippen molar-refractivity contribution in [2.75, 3.05) is 5.32 Å². The van der Waals surface area contributed by atoms with E-state index in [-0.39, 0.29) is 0 Å². The molecule has 5 heteroatoms. The molecule has 116 valence electrons. The van der Waals surface area contributed by atoms with Gasteiger partial charge in [-0.3, -0.25) is 10.3 Å². The average molecular weight is 300 g/mol. The van der Waals surface area contributed by atoms with Crippen LogP contribution < -0.4 is 5.32 Å². The van der Waals surface area contributed by atoms with Crippen LogP contribution in [0.25, 0.3) is 0 Å². The van der Waals surface area contributed by atoms with Crippen LogP contribution in [0.5, 0.6) is 0 Å². The van der Waals surface area contributed by atoms with Gasteiger partial charge in [-0.05, 0) is 32.9 Å². The lowest BCUT2D eigenvalue weighted by molar-refractivity contribution is 0.0635. The number of ether oxygens (including phenoxy) is 1. The number of aromatic nitrogens is 1. The van der Waals surface area contributed by atoms with Crippen molar-refractivity contribution in [3.05, 3.63) is 59.9 Å². The number of para-hydroxylation sites is 1. The SMILES string of the molecule is CC(C)(C)OC(=O)Nc1ccccc1C(O)c1cccnc1. The molecule has 0 spiro atoms. The van der Waals surface area contributed by atoms with E-state index in [9.17, 15) is 9.90 Å². The molecular formula is C17H20N2O3. The highest BCUT2D eigenvalue weighted by Gasteiger charge is 2.19. The van der Waals surface area contributed by atoms with Crippen molar-refractivity contribution in [2.24, 2.45) is 0 Å². The number of amides is 1. The average Bonchev–Trinajstić information content (AvgIpc) is 2.46. The third kappa shape index (κ3) is 4.30. The Labute approximate surface area is 130 Å². The summed E-state index contributed by atoms with van der Waals surface area (Å²) >= 11 is 0. The van der Waals surface area contributed by atoms with E-state index in [0.29, 0.717) is 16.8 Å². The van der Waals surface area contributed by atoms with Gasteiger partial charge in [0.1, 0.15) is 11.7 Å². The summed E-state index contributed by atoms with van der Waals surface area (Å²) in [4.78, 5) is 15.9. The molecule has 5 nitrogen and oxygen atoms in total. The molecule has 2 N–H and O–H groups in total. The Balaban J connectivity index is 2.22. The molecule has 0 radical (unpaired) electrons. The van der Waals surface area contributed by atoms with Crippen LogP contribution >= 0.6 is 0 Å². The quantitative estimate of drug-likeness (QED) is 0.910. The predicted molar refractivity (Wildman–Crippen MR) is 84.6 cm³/mol. The summed E-state index contributed by atoms with van der Waals surface area (Å²) in [6, 6.07) is 10.6. The van der Waals surface area contributed by atoms with Gasteiger partial charge < -0.3 is 9.84 Å². The molecule has 0 aliphatic rings. The summed E-state index contributed by atoms with van der Waals surface area (Å²) in [5, 5.41) is 13.2. The number of aliphatic hydroxyl groups is 1. The van der Waals surface area contributed by atoms with Crippen LogP contribution in [0.2, 0.25) is 0 Å². The number of carbonyl (C=O) groups excluding carboxylic acids is 1. The molecule has 22 heavy (non-hydrogen) atoms. The lowest BCUT2D eigenvalue weighted by atomic mass is 10.0. The summed E-state index contributed by atoms with van der Waals surface area (Å²) in [6.07, 6.45) is 1.80. The highest BCUT2D eigenvalue weighted by Crippen LogP contribution is 2.28. The maximum Gasteiger partial charge on any atom is 0.412 e. The fourth-order valence-corrected chi connectivity index (χ4v) is 1.98. The molecule has 1 atom stereocenters. The number of aliphatic hydroxyl groups excluding tert-OH is 1. The van der Waals surface area contributed by atoms with Gasteiger partial charge >= 0.3 is 6.09 Å². The maximum atomic E-state index is 11.9. The third-order valence-electron chi connectivity index (χ3n) is 2.89. The Bertz CT molecular complexity index is 636. The van der Waals surface area contributed by atoms with E-state index >= 15 is 0 Å². The number of carbonyl (C=O) groups is 1. The van der Waals surface area contributed by atoms with E-state index < -0.39 is 17.8 Å². The number of nitrogens with zero attached hydrogens (tertiary/aromatic N) is 1. The first kappa shape index (κ1) is 16.0. The second-order valence-corrected chi connectivity index (χ2v) is 5.90. The lowest BCUT2D eigenvalue weighted by Gasteiger charge is -2.21. The van der Waals surface area contributed by atoms with Crippen molar-refractivity contribution in [1.82, 2.24) is 4.98 Å². The number of hydrogen-bond donors (Lipinski definition) is 2. The van der Waals surface area contributed by atoms with Crippen LogP contribution in [0.3, 0.4) is 0 Å². The summed E-state index contributed by atoms with van der Waals surface area (Å²) in [7, 11) is 0. The Morgan fingerprint density at radius 1 is 1.23 bits per heavy atom. The van der Waals surface area contributed by atoms with Gasteiger partial charge in [0, 0.05) is 23.5 Å². The number of nitrogens with one attached hydrogen (secondary N) is 1. The number of rotatable bonds is 3. The molecule has 0 aliphatic heterocycles. The van der Waals surface area contributed by atoms with Crippen LogP contribution in [0.15, 0.2) is 48.8 Å². The Morgan fingerprint density at radius 2 is 1.95 bits per heavy atom. The molecule has 1 unspecified atom stereocenters. The minimum Gasteiger partial charge on any atom is -0.444 e. The van der Waals surface area contributed by atoms with Crippen LogP contribution in [0.1, 0.15) is 38.0 Å². The van der Waals surface area contributed by atoms with E-state index in [1.54, 1.807) is 69.6 Å². The van der Waals surface area contributed by atoms with Gasteiger partial charge in [0.05, 0.1) is 5.69 Å². The van der Waals surface area contributed by atoms with Crippen LogP contribution in [0, 0.1) is 0 Å². The second-order valence-electron chi connectivity index (χ2n) is 5.90. The van der Waals surface area contributed by atoms with Crippen molar-refractivity contribution in [2.45, 2.75) is 32.5 Å². The molecule has 2 aromatic rings. The van der Waals surface area contributed by atoms with Crippen molar-refractivity contribution in [3.8, 4) is 0 Å². The minimum atomic E-state index is -0.875. The van der Waals surface area contributed by atoms with Gasteiger partial charge in [0.15, 0.2) is 0 Å². The summed E-state index contributed by atoms with van der Waals surface area (Å²) in [5.74, 6) is 0. The van der Waals surface area contributed by atoms with Gasteiger partial charge in [0.2, 0.25) is 0 Å². The Hall–Kier alpha value is -2.40. The van der Waals surface area contributed by atoms with Gasteiger partial charge in [-0.2, -0.15) is 0 Å². The molecule has 0 saturated carbocycles. The molecule has 0 bridgehead atoms. The monoisotopic (exact) mass is 300 g/mol. The minimum absolute atomic E-state index is 0.508. The fraction of sp³-hybridized carbons (Fsp3) is 0.294. The first-order valence-corrected chi connectivity index (χ1v) is 7.04. The largest absolute Gasteiger partial charge is 0.444 e. The molecule has 1 aromatic heterocycles. The fourth-order valence-electron chi connectivity index (χ4n) is 1.98. The van der Waals surface area contributed by atoms with Crippen molar-refractivity contribution in [1.29, 1.82) is 0 Å². The first-order chi connectivity index (χ1) is 10.4. The molecule has 1 amide bonds. The molecule has 0 saturated heterocycles. The number of pyridine rings is 1. The summed E-state index contributed by atoms with van der Waals surface area (Å²) < 4.78 is 5.24. The lowest BCUT2D eigenvalue weighted by Crippen LogP contribution is -2.27. The number of anilines is 1. The summed E-state index contributed by atoms with van der Waals surface area (Å²) in [5.41, 5.74) is 1.16. The normalized spacial score (nSPS) is 12.5. The van der Waals surface area contributed by atoms with Gasteiger partial charge in [0.25, 0.3) is 0 Å². The molecule has 2 rings (SSSR count). The van der Waals surface area contributed by atoms with Crippen molar-refractivity contribution < 1.29 is 14.6 Å². The standard InChI is InChI=1S/C17H20N2O3/c1-17(2,3)22-16(21)19-14-9-5-4-8-13(14)15(20)12-7-6-10-18-11-12/h4-11,15,20H,1-3H3,(H,19,21). The molecule has 0 aliphatic carbocycles. The maximum absolute atomic E-state index is 11.9. The Kier molecular flexibility index (Phi) is 4.78. The van der Waals surface area contributed by atoms with Gasteiger partial charge in [-0.25, -0.2) is 4.79 Å². The van der Waals surface area contributed by atoms with E-state index in [1.807, 2.05) is 0 Å². The zero-order valence-electron chi connectivity index (χ0n) is 12.9. The zero-order chi connectivity index (χ0) is 16.2. The first-order valence-electron chi connectivity index (χ1n) is 7.04. The van der Waals surface area contributed by atoms with Crippen molar-refractivity contribution in [3.63, 3.8) is 0 Å². The Morgan fingerprint density at radius 3 is 2.59 bits per heavy atom. The van der Waals surface area contributed by atoms with E-state index in [2.05, 4.69) is 10.3 Å². The topological polar surface area (TPSA) is 71.5 Å². The third-order valence-corrected chi connectivity index (χ3v) is 2.89. The van der Waals surface area contributed by atoms with Gasteiger partial charge in [-0.15, -0.1) is 0 Å². The van der Waals surface area contributed by atoms with Crippen LogP contribution in [-0.2, 0) is 4.74 Å². The van der Waals surface area contributed by atoms with Crippen LogP contribution in [-0.4, -0.2) is 21.8 Å². The molecule has 1 heterocycles. The molecular weight excluding hydrogens is 280 g/mol. The van der Waals surface area contributed by atoms with E-state index in [4.69, 9.17) is 4.74 Å². The highest BCUT2D eigenvalue weighted by atomic mass is 16.6.